The Morgan fingerprint density at radius 2 is 1.28 bits per heavy atom. The maximum Gasteiger partial charge on any atom is 0.0464 e. The van der Waals surface area contributed by atoms with E-state index in [1.165, 1.54) is 76.5 Å². The molecule has 184 valence electrons. The van der Waals surface area contributed by atoms with Crippen LogP contribution in [-0.2, 0) is 10.8 Å². The Kier molecular flexibility index (Phi) is 5.71. The molecule has 2 saturated carbocycles. The SMILES string of the molecule is CC(C)(C)c1ccc(-c2ccccc2Nc2ccccc2C2(C)C[C@@H]3CC[C@@H](C3)C2)c2ccccc12. The zero-order valence-corrected chi connectivity index (χ0v) is 22.3. The summed E-state index contributed by atoms with van der Waals surface area (Å²) in [5.41, 5.74) is 8.25. The predicted octanol–water partition coefficient (Wildman–Crippen LogP) is 10.0. The molecule has 6 rings (SSSR count). The zero-order chi connectivity index (χ0) is 24.9. The Bertz CT molecular complexity index is 1390. The van der Waals surface area contributed by atoms with Gasteiger partial charge in [-0.25, -0.2) is 0 Å². The Hall–Kier alpha value is -3.06. The van der Waals surface area contributed by atoms with Crippen molar-refractivity contribution >= 4 is 22.1 Å². The number of nitrogens with one attached hydrogen (secondary N) is 1. The second kappa shape index (κ2) is 8.80. The molecule has 0 spiro atoms. The Morgan fingerprint density at radius 1 is 0.667 bits per heavy atom. The van der Waals surface area contributed by atoms with Crippen LogP contribution in [0.3, 0.4) is 0 Å². The summed E-state index contributed by atoms with van der Waals surface area (Å²) >= 11 is 0. The maximum atomic E-state index is 3.92. The average Bonchev–Trinajstić information content (AvgIpc) is 3.22. The van der Waals surface area contributed by atoms with Crippen molar-refractivity contribution in [1.82, 2.24) is 0 Å². The Labute approximate surface area is 217 Å². The van der Waals surface area contributed by atoms with E-state index >= 15 is 0 Å². The van der Waals surface area contributed by atoms with Crippen LogP contribution in [0.5, 0.6) is 0 Å². The monoisotopic (exact) mass is 473 g/mol. The van der Waals surface area contributed by atoms with Gasteiger partial charge in [-0.3, -0.25) is 0 Å². The molecule has 0 radical (unpaired) electrons. The van der Waals surface area contributed by atoms with E-state index in [0.29, 0.717) is 0 Å². The minimum absolute atomic E-state index is 0.101. The van der Waals surface area contributed by atoms with E-state index in [1.54, 1.807) is 0 Å². The van der Waals surface area contributed by atoms with Crippen molar-refractivity contribution in [2.75, 3.05) is 5.32 Å². The lowest BCUT2D eigenvalue weighted by atomic mass is 9.66. The average molecular weight is 474 g/mol. The molecule has 2 bridgehead atoms. The molecule has 1 nitrogen and oxygen atoms in total. The van der Waals surface area contributed by atoms with Crippen molar-refractivity contribution in [3.8, 4) is 11.1 Å². The molecule has 0 heterocycles. The van der Waals surface area contributed by atoms with E-state index in [-0.39, 0.29) is 10.8 Å². The molecule has 2 fully saturated rings. The topological polar surface area (TPSA) is 12.0 Å². The van der Waals surface area contributed by atoms with E-state index in [1.807, 2.05) is 0 Å². The first kappa shape index (κ1) is 23.3. The summed E-state index contributed by atoms with van der Waals surface area (Å²) in [7, 11) is 0. The molecule has 0 amide bonds. The van der Waals surface area contributed by atoms with Gasteiger partial charge in [0.25, 0.3) is 0 Å². The molecule has 3 atom stereocenters. The second-order valence-electron chi connectivity index (χ2n) is 12.7. The number of hydrogen-bond donors (Lipinski definition) is 1. The van der Waals surface area contributed by atoms with E-state index in [2.05, 4.69) is 118 Å². The number of rotatable bonds is 4. The molecule has 4 aromatic rings. The smallest absolute Gasteiger partial charge is 0.0464 e. The number of fused-ring (bicyclic) bond motifs is 3. The molecule has 1 N–H and O–H groups in total. The van der Waals surface area contributed by atoms with Gasteiger partial charge in [0.05, 0.1) is 0 Å². The van der Waals surface area contributed by atoms with Crippen molar-refractivity contribution in [1.29, 1.82) is 0 Å². The fourth-order valence-electron chi connectivity index (χ4n) is 7.41. The molecule has 1 heteroatoms. The summed E-state index contributed by atoms with van der Waals surface area (Å²) in [4.78, 5) is 0. The fraction of sp³-hybridized carbons (Fsp3) is 0.371. The van der Waals surface area contributed by atoms with Crippen LogP contribution < -0.4 is 5.32 Å². The molecule has 2 aliphatic rings. The third kappa shape index (κ3) is 4.13. The summed E-state index contributed by atoms with van der Waals surface area (Å²) in [6.07, 6.45) is 6.95. The Balaban J connectivity index is 1.43. The van der Waals surface area contributed by atoms with Crippen LogP contribution in [0.25, 0.3) is 21.9 Å². The van der Waals surface area contributed by atoms with Crippen LogP contribution >= 0.6 is 0 Å². The van der Waals surface area contributed by atoms with Crippen molar-refractivity contribution in [3.63, 3.8) is 0 Å². The predicted molar refractivity (Wildman–Crippen MR) is 155 cm³/mol. The highest BCUT2D eigenvalue weighted by Crippen LogP contribution is 2.53. The lowest BCUT2D eigenvalue weighted by Gasteiger charge is -2.39. The maximum absolute atomic E-state index is 3.92. The van der Waals surface area contributed by atoms with Crippen LogP contribution in [0.2, 0.25) is 0 Å². The standard InChI is InChI=1S/C35H39N/c1-34(2,3)30-20-19-27(26-11-5-6-12-28(26)30)29-13-7-9-15-32(29)36-33-16-10-8-14-31(33)35(4)22-24-17-18-25(21-24)23-35/h5-16,19-20,24-25,36H,17-18,21-23H2,1-4H3/t24-,25+,35?. The van der Waals surface area contributed by atoms with Crippen molar-refractivity contribution in [2.24, 2.45) is 11.8 Å². The van der Waals surface area contributed by atoms with Crippen molar-refractivity contribution < 1.29 is 0 Å². The summed E-state index contributed by atoms with van der Waals surface area (Å²) in [5.74, 6) is 1.81. The number of benzene rings is 4. The van der Waals surface area contributed by atoms with E-state index in [4.69, 9.17) is 0 Å². The van der Waals surface area contributed by atoms with Crippen molar-refractivity contribution in [3.05, 3.63) is 96.1 Å². The van der Waals surface area contributed by atoms with E-state index in [9.17, 15) is 0 Å². The summed E-state index contributed by atoms with van der Waals surface area (Å²) < 4.78 is 0. The lowest BCUT2D eigenvalue weighted by molar-refractivity contribution is 0.232. The molecular formula is C35H39N. The third-order valence-electron chi connectivity index (χ3n) is 8.92. The quantitative estimate of drug-likeness (QED) is 0.311. The highest BCUT2D eigenvalue weighted by Gasteiger charge is 2.42. The highest BCUT2D eigenvalue weighted by atomic mass is 14.9. The van der Waals surface area contributed by atoms with Gasteiger partial charge in [0.15, 0.2) is 0 Å². The molecule has 1 unspecified atom stereocenters. The van der Waals surface area contributed by atoms with Gasteiger partial charge in [0.1, 0.15) is 0 Å². The van der Waals surface area contributed by atoms with Crippen LogP contribution in [0.1, 0.15) is 70.9 Å². The fourth-order valence-corrected chi connectivity index (χ4v) is 7.41. The molecule has 0 aromatic heterocycles. The number of hydrogen-bond acceptors (Lipinski definition) is 1. The first-order chi connectivity index (χ1) is 17.3. The van der Waals surface area contributed by atoms with Gasteiger partial charge in [-0.05, 0) is 81.5 Å². The van der Waals surface area contributed by atoms with Crippen LogP contribution in [-0.4, -0.2) is 0 Å². The van der Waals surface area contributed by atoms with Gasteiger partial charge in [-0.15, -0.1) is 0 Å². The molecule has 0 aliphatic heterocycles. The van der Waals surface area contributed by atoms with Gasteiger partial charge in [0, 0.05) is 16.9 Å². The lowest BCUT2D eigenvalue weighted by Crippen LogP contribution is -2.31. The Morgan fingerprint density at radius 3 is 2.00 bits per heavy atom. The minimum Gasteiger partial charge on any atom is -0.355 e. The second-order valence-corrected chi connectivity index (χ2v) is 12.7. The molecule has 0 saturated heterocycles. The van der Waals surface area contributed by atoms with Crippen molar-refractivity contribution in [2.45, 2.75) is 70.6 Å². The summed E-state index contributed by atoms with van der Waals surface area (Å²) in [5, 5.41) is 6.59. The summed E-state index contributed by atoms with van der Waals surface area (Å²) in [6.45, 7) is 9.43. The molecule has 4 aromatic carbocycles. The number of anilines is 2. The van der Waals surface area contributed by atoms with Crippen LogP contribution in [0.15, 0.2) is 84.9 Å². The summed E-state index contributed by atoms with van der Waals surface area (Å²) in [6, 6.07) is 31.5. The molecule has 2 aliphatic carbocycles. The first-order valence-corrected chi connectivity index (χ1v) is 13.8. The van der Waals surface area contributed by atoms with Gasteiger partial charge in [-0.2, -0.15) is 0 Å². The van der Waals surface area contributed by atoms with E-state index in [0.717, 1.165) is 11.8 Å². The zero-order valence-electron chi connectivity index (χ0n) is 22.3. The normalized spacial score (nSPS) is 23.7. The van der Waals surface area contributed by atoms with Gasteiger partial charge < -0.3 is 5.32 Å². The van der Waals surface area contributed by atoms with Crippen LogP contribution in [0.4, 0.5) is 11.4 Å². The largest absolute Gasteiger partial charge is 0.355 e. The number of para-hydroxylation sites is 2. The first-order valence-electron chi connectivity index (χ1n) is 13.8. The highest BCUT2D eigenvalue weighted by molar-refractivity contribution is 6.02. The van der Waals surface area contributed by atoms with Crippen LogP contribution in [0, 0.1) is 11.8 Å². The molecule has 36 heavy (non-hydrogen) atoms. The van der Waals surface area contributed by atoms with E-state index < -0.39 is 0 Å². The minimum atomic E-state index is 0.101. The van der Waals surface area contributed by atoms with Gasteiger partial charge >= 0.3 is 0 Å². The third-order valence-corrected chi connectivity index (χ3v) is 8.92. The molecular weight excluding hydrogens is 434 g/mol. The van der Waals surface area contributed by atoms with Gasteiger partial charge in [-0.1, -0.05) is 113 Å². The van der Waals surface area contributed by atoms with Gasteiger partial charge in [0.2, 0.25) is 0 Å².